The number of halogens is 2. The first-order valence-electron chi connectivity index (χ1n) is 6.44. The third kappa shape index (κ3) is 3.71. The molecule has 5 nitrogen and oxygen atoms in total. The van der Waals surface area contributed by atoms with E-state index in [1.54, 1.807) is 0 Å². The van der Waals surface area contributed by atoms with Crippen molar-refractivity contribution in [2.45, 2.75) is 13.3 Å². The Morgan fingerprint density at radius 1 is 1.24 bits per heavy atom. The molecule has 0 saturated heterocycles. The highest BCUT2D eigenvalue weighted by atomic mass is 19.1. The smallest absolute Gasteiger partial charge is 0.274 e. The van der Waals surface area contributed by atoms with Gasteiger partial charge in [0.2, 0.25) is 5.95 Å². The Labute approximate surface area is 120 Å². The molecule has 0 spiro atoms. The highest BCUT2D eigenvalue weighted by molar-refractivity contribution is 6.03. The van der Waals surface area contributed by atoms with Crippen molar-refractivity contribution >= 4 is 17.5 Å². The molecule has 0 atom stereocenters. The average molecular weight is 292 g/mol. The topological polar surface area (TPSA) is 66.9 Å². The fourth-order valence-corrected chi connectivity index (χ4v) is 1.60. The summed E-state index contributed by atoms with van der Waals surface area (Å²) in [5.41, 5.74) is -0.476. The fraction of sp³-hybridized carbons (Fsp3) is 0.214. The molecule has 7 heteroatoms. The van der Waals surface area contributed by atoms with Crippen LogP contribution in [-0.4, -0.2) is 22.4 Å². The number of amides is 1. The summed E-state index contributed by atoms with van der Waals surface area (Å²) >= 11 is 0. The zero-order valence-corrected chi connectivity index (χ0v) is 11.4. The molecular weight excluding hydrogens is 278 g/mol. The maximum Gasteiger partial charge on any atom is 0.274 e. The summed E-state index contributed by atoms with van der Waals surface area (Å²) in [6.45, 7) is 2.64. The van der Waals surface area contributed by atoms with E-state index in [4.69, 9.17) is 0 Å². The van der Waals surface area contributed by atoms with E-state index in [0.717, 1.165) is 18.6 Å². The van der Waals surface area contributed by atoms with Gasteiger partial charge in [-0.05, 0) is 24.6 Å². The molecule has 2 rings (SSSR count). The largest absolute Gasteiger partial charge is 0.354 e. The van der Waals surface area contributed by atoms with E-state index in [1.165, 1.54) is 18.3 Å². The molecule has 0 radical (unpaired) electrons. The lowest BCUT2D eigenvalue weighted by Crippen LogP contribution is -2.17. The van der Waals surface area contributed by atoms with Crippen molar-refractivity contribution in [2.75, 3.05) is 17.2 Å². The van der Waals surface area contributed by atoms with Crippen molar-refractivity contribution in [3.8, 4) is 0 Å². The predicted molar refractivity (Wildman–Crippen MR) is 75.1 cm³/mol. The Morgan fingerprint density at radius 3 is 2.62 bits per heavy atom. The Bertz CT molecular complexity index is 628. The van der Waals surface area contributed by atoms with Gasteiger partial charge in [-0.3, -0.25) is 4.79 Å². The zero-order valence-electron chi connectivity index (χ0n) is 11.4. The Balaban J connectivity index is 2.17. The normalized spacial score (nSPS) is 10.2. The van der Waals surface area contributed by atoms with Gasteiger partial charge in [0.1, 0.15) is 23.0 Å². The van der Waals surface area contributed by atoms with Crippen molar-refractivity contribution in [3.63, 3.8) is 0 Å². The van der Waals surface area contributed by atoms with E-state index < -0.39 is 23.2 Å². The highest BCUT2D eigenvalue weighted by Crippen LogP contribution is 2.18. The molecule has 0 aliphatic carbocycles. The molecule has 1 aromatic heterocycles. The molecule has 0 aliphatic rings. The van der Waals surface area contributed by atoms with Crippen molar-refractivity contribution in [2.24, 2.45) is 0 Å². The van der Waals surface area contributed by atoms with Crippen LogP contribution in [0.5, 0.6) is 0 Å². The highest BCUT2D eigenvalue weighted by Gasteiger charge is 2.14. The van der Waals surface area contributed by atoms with E-state index >= 15 is 0 Å². The summed E-state index contributed by atoms with van der Waals surface area (Å²) in [6, 6.07) is 4.71. The second-order valence-electron chi connectivity index (χ2n) is 4.24. The minimum absolute atomic E-state index is 0.0197. The van der Waals surface area contributed by atoms with Gasteiger partial charge in [-0.15, -0.1) is 0 Å². The Morgan fingerprint density at radius 2 is 1.95 bits per heavy atom. The number of hydrogen-bond donors (Lipinski definition) is 2. The van der Waals surface area contributed by atoms with Gasteiger partial charge in [0.05, 0.1) is 0 Å². The van der Waals surface area contributed by atoms with Gasteiger partial charge >= 0.3 is 0 Å². The van der Waals surface area contributed by atoms with Gasteiger partial charge in [0, 0.05) is 12.7 Å². The maximum absolute atomic E-state index is 13.5. The number of aromatic nitrogens is 2. The number of nitrogens with one attached hydrogen (secondary N) is 2. The van der Waals surface area contributed by atoms with E-state index in [0.29, 0.717) is 12.5 Å². The van der Waals surface area contributed by atoms with Crippen LogP contribution < -0.4 is 10.6 Å². The average Bonchev–Trinajstić information content (AvgIpc) is 2.49. The molecule has 2 N–H and O–H groups in total. The van der Waals surface area contributed by atoms with Crippen molar-refractivity contribution in [1.82, 2.24) is 9.97 Å². The number of carbonyl (C=O) groups excluding carboxylic acids is 1. The second kappa shape index (κ2) is 6.74. The minimum atomic E-state index is -0.846. The lowest BCUT2D eigenvalue weighted by atomic mass is 10.2. The van der Waals surface area contributed by atoms with E-state index in [2.05, 4.69) is 20.6 Å². The molecule has 0 bridgehead atoms. The molecule has 0 saturated carbocycles. The van der Waals surface area contributed by atoms with Crippen molar-refractivity contribution in [3.05, 3.63) is 47.8 Å². The summed E-state index contributed by atoms with van der Waals surface area (Å²) in [5.74, 6) is -2.11. The quantitative estimate of drug-likeness (QED) is 0.889. The van der Waals surface area contributed by atoms with E-state index in [1.807, 2.05) is 6.92 Å². The third-order valence-corrected chi connectivity index (χ3v) is 2.62. The van der Waals surface area contributed by atoms with Gasteiger partial charge in [0.15, 0.2) is 0 Å². The maximum atomic E-state index is 13.5. The summed E-state index contributed by atoms with van der Waals surface area (Å²) in [5, 5.41) is 5.10. The molecule has 1 aromatic carbocycles. The zero-order chi connectivity index (χ0) is 15.2. The monoisotopic (exact) mass is 292 g/mol. The summed E-state index contributed by atoms with van der Waals surface area (Å²) in [7, 11) is 0. The Kier molecular flexibility index (Phi) is 4.76. The third-order valence-electron chi connectivity index (χ3n) is 2.62. The van der Waals surface area contributed by atoms with Gasteiger partial charge in [0.25, 0.3) is 5.91 Å². The van der Waals surface area contributed by atoms with E-state index in [9.17, 15) is 13.6 Å². The van der Waals surface area contributed by atoms with Crippen molar-refractivity contribution in [1.29, 1.82) is 0 Å². The van der Waals surface area contributed by atoms with Crippen LogP contribution in [0.2, 0.25) is 0 Å². The number of para-hydroxylation sites is 1. The summed E-state index contributed by atoms with van der Waals surface area (Å²) < 4.78 is 26.9. The molecule has 0 aliphatic heterocycles. The van der Waals surface area contributed by atoms with Crippen LogP contribution in [0.25, 0.3) is 0 Å². The molecule has 21 heavy (non-hydrogen) atoms. The van der Waals surface area contributed by atoms with Gasteiger partial charge < -0.3 is 10.6 Å². The standard InChI is InChI=1S/C14H14F2N4O/c1-2-7-17-14-18-8-6-11(19-14)13(21)20-12-9(15)4-3-5-10(12)16/h3-6,8H,2,7H2,1H3,(H,20,21)(H,17,18,19). The minimum Gasteiger partial charge on any atom is -0.354 e. The Hall–Kier alpha value is -2.57. The molecule has 1 heterocycles. The number of anilines is 2. The van der Waals surface area contributed by atoms with Gasteiger partial charge in [-0.1, -0.05) is 13.0 Å². The van der Waals surface area contributed by atoms with E-state index in [-0.39, 0.29) is 5.69 Å². The lowest BCUT2D eigenvalue weighted by Gasteiger charge is -2.08. The van der Waals surface area contributed by atoms with Crippen LogP contribution in [0.3, 0.4) is 0 Å². The SMILES string of the molecule is CCCNc1nccc(C(=O)Nc2c(F)cccc2F)n1. The van der Waals surface area contributed by atoms with Crippen LogP contribution in [0.1, 0.15) is 23.8 Å². The summed E-state index contributed by atoms with van der Waals surface area (Å²) in [4.78, 5) is 19.9. The number of benzene rings is 1. The second-order valence-corrected chi connectivity index (χ2v) is 4.24. The molecule has 1 amide bonds. The van der Waals surface area contributed by atoms with Crippen molar-refractivity contribution < 1.29 is 13.6 Å². The van der Waals surface area contributed by atoms with Crippen LogP contribution >= 0.6 is 0 Å². The molecule has 0 fully saturated rings. The van der Waals surface area contributed by atoms with Crippen LogP contribution in [0.15, 0.2) is 30.5 Å². The van der Waals surface area contributed by atoms with Crippen LogP contribution in [-0.2, 0) is 0 Å². The van der Waals surface area contributed by atoms with Crippen LogP contribution in [0.4, 0.5) is 20.4 Å². The lowest BCUT2D eigenvalue weighted by molar-refractivity contribution is 0.102. The molecular formula is C14H14F2N4O. The number of rotatable bonds is 5. The molecule has 0 unspecified atom stereocenters. The first-order valence-corrected chi connectivity index (χ1v) is 6.44. The number of carbonyl (C=O) groups is 1. The fourth-order valence-electron chi connectivity index (χ4n) is 1.60. The summed E-state index contributed by atoms with van der Waals surface area (Å²) in [6.07, 6.45) is 2.28. The van der Waals surface area contributed by atoms with Gasteiger partial charge in [-0.25, -0.2) is 18.7 Å². The van der Waals surface area contributed by atoms with Crippen LogP contribution in [0, 0.1) is 11.6 Å². The predicted octanol–water partition coefficient (Wildman–Crippen LogP) is 2.83. The first-order chi connectivity index (χ1) is 10.1. The number of hydrogen-bond acceptors (Lipinski definition) is 4. The van der Waals surface area contributed by atoms with Gasteiger partial charge in [-0.2, -0.15) is 0 Å². The first kappa shape index (κ1) is 14.8. The molecule has 2 aromatic rings. The molecule has 110 valence electrons. The number of nitrogens with zero attached hydrogens (tertiary/aromatic N) is 2.